The number of ether oxygens (including phenoxy) is 1. The van der Waals surface area contributed by atoms with Gasteiger partial charge in [-0.3, -0.25) is 14.4 Å². The lowest BCUT2D eigenvalue weighted by molar-refractivity contribution is -0.227. The Labute approximate surface area is 193 Å². The van der Waals surface area contributed by atoms with Crippen LogP contribution in [0.4, 0.5) is 4.39 Å². The van der Waals surface area contributed by atoms with Crippen molar-refractivity contribution >= 4 is 29.1 Å². The highest BCUT2D eigenvalue weighted by Gasteiger charge is 2.77. The van der Waals surface area contributed by atoms with Crippen LogP contribution in [0.5, 0.6) is 0 Å². The largest absolute Gasteiger partial charge is 0.450 e. The van der Waals surface area contributed by atoms with Gasteiger partial charge in [0.2, 0.25) is 0 Å². The van der Waals surface area contributed by atoms with Gasteiger partial charge in [0.05, 0.1) is 12.0 Å². The fraction of sp³-hybridized carbons (Fsp3) is 0.720. The van der Waals surface area contributed by atoms with E-state index >= 15 is 4.39 Å². The molecule has 0 saturated heterocycles. The van der Waals surface area contributed by atoms with Crippen LogP contribution in [0.3, 0.4) is 0 Å². The number of ketones is 2. The molecule has 0 heterocycles. The molecule has 3 saturated carbocycles. The third-order valence-corrected chi connectivity index (χ3v) is 9.52. The first-order valence-electron chi connectivity index (χ1n) is 11.5. The number of Topliss-reactive ketones (excluding diaryl/α,β-unsaturated/α-hetero) is 1. The van der Waals surface area contributed by atoms with E-state index in [2.05, 4.69) is 0 Å². The molecule has 0 radical (unpaired) electrons. The number of rotatable bonds is 4. The zero-order valence-corrected chi connectivity index (χ0v) is 19.9. The number of aliphatic hydroxyl groups is 1. The molecule has 5 nitrogen and oxygen atoms in total. The second kappa shape index (κ2) is 7.49. The summed E-state index contributed by atoms with van der Waals surface area (Å²) < 4.78 is 23.1. The topological polar surface area (TPSA) is 80.7 Å². The number of esters is 1. The van der Waals surface area contributed by atoms with Crippen LogP contribution < -0.4 is 0 Å². The highest BCUT2D eigenvalue weighted by Crippen LogP contribution is 2.71. The van der Waals surface area contributed by atoms with Gasteiger partial charge in [0, 0.05) is 29.1 Å². The van der Waals surface area contributed by atoms with E-state index in [1.807, 2.05) is 13.8 Å². The van der Waals surface area contributed by atoms with Crippen LogP contribution in [0.15, 0.2) is 23.8 Å². The van der Waals surface area contributed by atoms with Crippen LogP contribution in [-0.4, -0.2) is 45.9 Å². The first kappa shape index (κ1) is 23.6. The molecule has 5 unspecified atom stereocenters. The number of fused-ring (bicyclic) bond motifs is 5. The van der Waals surface area contributed by atoms with Gasteiger partial charge in [0.25, 0.3) is 0 Å². The molecule has 32 heavy (non-hydrogen) atoms. The lowest BCUT2D eigenvalue weighted by Gasteiger charge is -2.62. The van der Waals surface area contributed by atoms with Crippen LogP contribution in [0.2, 0.25) is 0 Å². The Kier molecular flexibility index (Phi) is 5.53. The summed E-state index contributed by atoms with van der Waals surface area (Å²) in [5, 5.41) is 11.4. The summed E-state index contributed by atoms with van der Waals surface area (Å²) >= 11 is 6.01. The monoisotopic (exact) mass is 466 g/mol. The smallest absolute Gasteiger partial charge is 0.306 e. The van der Waals surface area contributed by atoms with Crippen molar-refractivity contribution in [1.82, 2.24) is 0 Å². The van der Waals surface area contributed by atoms with Crippen LogP contribution in [0, 0.1) is 28.6 Å². The van der Waals surface area contributed by atoms with E-state index in [9.17, 15) is 19.5 Å². The zero-order chi connectivity index (χ0) is 23.7. The number of halogens is 2. The summed E-state index contributed by atoms with van der Waals surface area (Å²) in [6.07, 6.45) is 4.67. The number of hydrogen-bond acceptors (Lipinski definition) is 5. The molecule has 0 aromatic carbocycles. The average Bonchev–Trinajstić information content (AvgIpc) is 2.96. The lowest BCUT2D eigenvalue weighted by Crippen LogP contribution is -2.70. The lowest BCUT2D eigenvalue weighted by atomic mass is 9.44. The van der Waals surface area contributed by atoms with Crippen molar-refractivity contribution in [3.05, 3.63) is 23.8 Å². The molecule has 3 fully saturated rings. The highest BCUT2D eigenvalue weighted by atomic mass is 35.5. The van der Waals surface area contributed by atoms with Gasteiger partial charge in [0.1, 0.15) is 0 Å². The molecular weight excluding hydrogens is 435 g/mol. The molecule has 4 aliphatic carbocycles. The number of allylic oxidation sites excluding steroid dienone is 4. The van der Waals surface area contributed by atoms with Crippen molar-refractivity contribution in [2.24, 2.45) is 28.6 Å². The first-order valence-corrected chi connectivity index (χ1v) is 12.1. The number of aliphatic hydroxyl groups excluding tert-OH is 1. The van der Waals surface area contributed by atoms with Crippen molar-refractivity contribution in [2.45, 2.75) is 77.2 Å². The van der Waals surface area contributed by atoms with Gasteiger partial charge in [-0.25, -0.2) is 4.39 Å². The van der Waals surface area contributed by atoms with Gasteiger partial charge >= 0.3 is 5.97 Å². The van der Waals surface area contributed by atoms with Gasteiger partial charge in [0.15, 0.2) is 22.8 Å². The fourth-order valence-electron chi connectivity index (χ4n) is 7.75. The molecule has 7 heteroatoms. The Balaban J connectivity index is 1.85. The number of alkyl halides is 2. The summed E-state index contributed by atoms with van der Waals surface area (Å²) in [4.78, 5) is 37.7. The van der Waals surface area contributed by atoms with E-state index in [0.717, 1.165) is 0 Å². The van der Waals surface area contributed by atoms with E-state index in [1.54, 1.807) is 19.9 Å². The Morgan fingerprint density at radius 2 is 2.00 bits per heavy atom. The van der Waals surface area contributed by atoms with Crippen LogP contribution >= 0.6 is 11.6 Å². The molecule has 176 valence electrons. The normalized spacial score (nSPS) is 47.2. The fourth-order valence-corrected chi connectivity index (χ4v) is 7.95. The molecule has 4 rings (SSSR count). The third kappa shape index (κ3) is 2.68. The predicted octanol–water partition coefficient (Wildman–Crippen LogP) is 4.10. The molecule has 0 aromatic rings. The summed E-state index contributed by atoms with van der Waals surface area (Å²) in [6.45, 7) is 7.13. The standard InChI is InChI=1S/C25H32ClFO5/c1-5-21(31)32-25(20(30)13-26)14(2)10-18-17-7-6-15-11-16(28)8-9-22(15,3)24(17,27)19(29)12-23(18,25)4/h8-9,11,14,17-19,29H,5-7,10,12-13H2,1-4H3/t14?,17?,18?,19?,22-,23-,24-,25?/m0/s1. The zero-order valence-electron chi connectivity index (χ0n) is 19.1. The minimum absolute atomic E-state index is 0.0285. The van der Waals surface area contributed by atoms with Crippen LogP contribution in [-0.2, 0) is 19.1 Å². The second-order valence-corrected chi connectivity index (χ2v) is 10.8. The summed E-state index contributed by atoms with van der Waals surface area (Å²) in [5.74, 6) is -2.57. The van der Waals surface area contributed by atoms with E-state index in [4.69, 9.17) is 16.3 Å². The van der Waals surface area contributed by atoms with Gasteiger partial charge < -0.3 is 9.84 Å². The van der Waals surface area contributed by atoms with Gasteiger partial charge in [-0.2, -0.15) is 0 Å². The number of hydrogen-bond donors (Lipinski definition) is 1. The molecule has 0 amide bonds. The van der Waals surface area contributed by atoms with E-state index in [0.29, 0.717) is 24.8 Å². The second-order valence-electron chi connectivity index (χ2n) is 10.5. The molecule has 0 spiro atoms. The van der Waals surface area contributed by atoms with Crippen LogP contribution in [0.1, 0.15) is 59.8 Å². The average molecular weight is 467 g/mol. The molecule has 0 aromatic heterocycles. The van der Waals surface area contributed by atoms with Gasteiger partial charge in [-0.1, -0.05) is 32.4 Å². The summed E-state index contributed by atoms with van der Waals surface area (Å²) in [6, 6.07) is 0. The van der Waals surface area contributed by atoms with Crippen LogP contribution in [0.25, 0.3) is 0 Å². The van der Waals surface area contributed by atoms with Crippen molar-refractivity contribution < 1.29 is 28.6 Å². The minimum Gasteiger partial charge on any atom is -0.450 e. The number of carbonyl (C=O) groups is 3. The maximum Gasteiger partial charge on any atom is 0.306 e. The van der Waals surface area contributed by atoms with E-state index in [1.165, 1.54) is 12.2 Å². The maximum absolute atomic E-state index is 17.2. The molecule has 4 aliphatic rings. The van der Waals surface area contributed by atoms with Crippen molar-refractivity contribution in [3.8, 4) is 0 Å². The third-order valence-electron chi connectivity index (χ3n) is 9.28. The van der Waals surface area contributed by atoms with Crippen molar-refractivity contribution in [3.63, 3.8) is 0 Å². The van der Waals surface area contributed by atoms with E-state index in [-0.39, 0.29) is 42.1 Å². The molecule has 0 aliphatic heterocycles. The quantitative estimate of drug-likeness (QED) is 0.498. The Morgan fingerprint density at radius 1 is 1.31 bits per heavy atom. The Morgan fingerprint density at radius 3 is 2.62 bits per heavy atom. The highest BCUT2D eigenvalue weighted by molar-refractivity contribution is 6.29. The molecule has 1 N–H and O–H groups in total. The molecule has 0 bridgehead atoms. The maximum atomic E-state index is 17.2. The summed E-state index contributed by atoms with van der Waals surface area (Å²) in [5.41, 5.74) is -4.83. The SMILES string of the molecule is CCC(=O)OC1(C(=O)CCl)C(C)CC2C3CCC4=CC(=O)C=C[C@]4(C)[C@@]3(F)C(O)C[C@@]21C. The minimum atomic E-state index is -1.99. The van der Waals surface area contributed by atoms with Gasteiger partial charge in [-0.05, 0) is 50.7 Å². The Hall–Kier alpha value is -1.53. The van der Waals surface area contributed by atoms with Crippen molar-refractivity contribution in [2.75, 3.05) is 5.88 Å². The Bertz CT molecular complexity index is 929. The first-order chi connectivity index (χ1) is 14.9. The number of carbonyl (C=O) groups excluding carboxylic acids is 3. The molecular formula is C25H32ClFO5. The molecule has 8 atom stereocenters. The van der Waals surface area contributed by atoms with Gasteiger partial charge in [-0.15, -0.1) is 11.6 Å². The summed E-state index contributed by atoms with van der Waals surface area (Å²) in [7, 11) is 0. The predicted molar refractivity (Wildman–Crippen MR) is 118 cm³/mol. The van der Waals surface area contributed by atoms with Crippen molar-refractivity contribution in [1.29, 1.82) is 0 Å². The van der Waals surface area contributed by atoms with E-state index < -0.39 is 40.1 Å².